The van der Waals surface area contributed by atoms with Crippen LogP contribution in [0.1, 0.15) is 18.5 Å². The first-order valence-corrected chi connectivity index (χ1v) is 6.59. The summed E-state index contributed by atoms with van der Waals surface area (Å²) in [5.41, 5.74) is 0.605. The van der Waals surface area contributed by atoms with Gasteiger partial charge < -0.3 is 4.57 Å². The van der Waals surface area contributed by atoms with E-state index in [0.717, 1.165) is 6.54 Å². The summed E-state index contributed by atoms with van der Waals surface area (Å²) in [6, 6.07) is 0. The molecule has 0 bridgehead atoms. The third-order valence-corrected chi connectivity index (χ3v) is 3.70. The average molecular weight is 214 g/mol. The second-order valence-electron chi connectivity index (χ2n) is 4.00. The van der Waals surface area contributed by atoms with Crippen molar-refractivity contribution in [1.29, 1.82) is 0 Å². The number of hydrogen-bond donors (Lipinski definition) is 0. The SMILES string of the molecule is Cc1ncn(CC2CC2)c1S(C)(=O)=O. The summed E-state index contributed by atoms with van der Waals surface area (Å²) in [5.74, 6) is 0.657. The molecule has 1 fully saturated rings. The van der Waals surface area contributed by atoms with Crippen LogP contribution in [0.15, 0.2) is 11.4 Å². The lowest BCUT2D eigenvalue weighted by atomic mass is 10.4. The Labute approximate surface area is 83.9 Å². The van der Waals surface area contributed by atoms with Crippen LogP contribution in [-0.4, -0.2) is 24.2 Å². The Morgan fingerprint density at radius 1 is 1.57 bits per heavy atom. The average Bonchev–Trinajstić information content (AvgIpc) is 2.74. The van der Waals surface area contributed by atoms with E-state index in [9.17, 15) is 8.42 Å². The zero-order chi connectivity index (χ0) is 10.3. The maximum atomic E-state index is 11.5. The van der Waals surface area contributed by atoms with Crippen LogP contribution in [0.4, 0.5) is 0 Å². The Hall–Kier alpha value is -0.840. The number of hydrogen-bond acceptors (Lipinski definition) is 3. The van der Waals surface area contributed by atoms with E-state index >= 15 is 0 Å². The minimum Gasteiger partial charge on any atom is -0.321 e. The Bertz CT molecular complexity index is 443. The van der Waals surface area contributed by atoms with Gasteiger partial charge in [0.2, 0.25) is 0 Å². The van der Waals surface area contributed by atoms with Crippen molar-refractivity contribution in [3.05, 3.63) is 12.0 Å². The number of sulfone groups is 1. The zero-order valence-corrected chi connectivity index (χ0v) is 9.21. The first-order valence-electron chi connectivity index (χ1n) is 4.70. The van der Waals surface area contributed by atoms with Gasteiger partial charge in [0.1, 0.15) is 0 Å². The highest BCUT2D eigenvalue weighted by atomic mass is 32.2. The third-order valence-electron chi connectivity index (χ3n) is 2.46. The summed E-state index contributed by atoms with van der Waals surface area (Å²) >= 11 is 0. The van der Waals surface area contributed by atoms with Crippen LogP contribution in [0.2, 0.25) is 0 Å². The minimum absolute atomic E-state index is 0.379. The summed E-state index contributed by atoms with van der Waals surface area (Å²) in [5, 5.41) is 0.379. The van der Waals surface area contributed by atoms with E-state index in [2.05, 4.69) is 4.98 Å². The van der Waals surface area contributed by atoms with Crippen LogP contribution in [-0.2, 0) is 16.4 Å². The molecule has 1 aromatic rings. The third kappa shape index (κ3) is 1.82. The first-order chi connectivity index (χ1) is 6.48. The van der Waals surface area contributed by atoms with E-state index in [1.54, 1.807) is 17.8 Å². The highest BCUT2D eigenvalue weighted by molar-refractivity contribution is 7.90. The molecule has 1 aliphatic rings. The Balaban J connectivity index is 2.39. The number of aryl methyl sites for hydroxylation is 1. The highest BCUT2D eigenvalue weighted by Gasteiger charge is 2.25. The summed E-state index contributed by atoms with van der Waals surface area (Å²) in [4.78, 5) is 4.05. The predicted molar refractivity (Wildman–Crippen MR) is 52.8 cm³/mol. The fourth-order valence-electron chi connectivity index (χ4n) is 1.66. The molecule has 0 spiro atoms. The molecule has 5 heteroatoms. The van der Waals surface area contributed by atoms with Gasteiger partial charge in [-0.15, -0.1) is 0 Å². The van der Waals surface area contributed by atoms with E-state index < -0.39 is 9.84 Å². The molecule has 1 aliphatic carbocycles. The molecule has 0 atom stereocenters. The predicted octanol–water partition coefficient (Wildman–Crippen LogP) is 1.01. The van der Waals surface area contributed by atoms with Crippen molar-refractivity contribution >= 4 is 9.84 Å². The number of aromatic nitrogens is 2. The van der Waals surface area contributed by atoms with Gasteiger partial charge in [-0.05, 0) is 25.7 Å². The fourth-order valence-corrected chi connectivity index (χ4v) is 2.80. The molecule has 1 aromatic heterocycles. The van der Waals surface area contributed by atoms with Crippen LogP contribution in [0.25, 0.3) is 0 Å². The molecule has 4 nitrogen and oxygen atoms in total. The molecule has 1 saturated carbocycles. The molecule has 0 saturated heterocycles. The molecule has 0 radical (unpaired) electrons. The van der Waals surface area contributed by atoms with Crippen molar-refractivity contribution in [3.8, 4) is 0 Å². The second kappa shape index (κ2) is 3.08. The van der Waals surface area contributed by atoms with Crippen molar-refractivity contribution in [1.82, 2.24) is 9.55 Å². The van der Waals surface area contributed by atoms with Crippen molar-refractivity contribution in [3.63, 3.8) is 0 Å². The van der Waals surface area contributed by atoms with Gasteiger partial charge in [0, 0.05) is 12.8 Å². The maximum absolute atomic E-state index is 11.5. The number of rotatable bonds is 3. The Kier molecular flexibility index (Phi) is 2.14. The monoisotopic (exact) mass is 214 g/mol. The van der Waals surface area contributed by atoms with E-state index in [1.165, 1.54) is 19.1 Å². The van der Waals surface area contributed by atoms with Gasteiger partial charge in [0.05, 0.1) is 12.0 Å². The molecule has 78 valence electrons. The number of imidazole rings is 1. The van der Waals surface area contributed by atoms with E-state index in [-0.39, 0.29) is 0 Å². The van der Waals surface area contributed by atoms with Crippen LogP contribution < -0.4 is 0 Å². The van der Waals surface area contributed by atoms with Gasteiger partial charge in [0.15, 0.2) is 14.9 Å². The zero-order valence-electron chi connectivity index (χ0n) is 8.40. The molecule has 2 rings (SSSR count). The van der Waals surface area contributed by atoms with Crippen LogP contribution >= 0.6 is 0 Å². The maximum Gasteiger partial charge on any atom is 0.192 e. The largest absolute Gasteiger partial charge is 0.321 e. The lowest BCUT2D eigenvalue weighted by molar-refractivity contribution is 0.553. The Morgan fingerprint density at radius 2 is 2.21 bits per heavy atom. The van der Waals surface area contributed by atoms with E-state index in [1.807, 2.05) is 0 Å². The first kappa shape index (κ1) is 9.71. The van der Waals surface area contributed by atoms with Gasteiger partial charge in [-0.3, -0.25) is 0 Å². The molecule has 0 aromatic carbocycles. The lowest BCUT2D eigenvalue weighted by Gasteiger charge is -2.05. The molecule has 0 unspecified atom stereocenters. The molecule has 0 aliphatic heterocycles. The standard InChI is InChI=1S/C9H14N2O2S/c1-7-9(14(2,12)13)11(6-10-7)5-8-3-4-8/h6,8H,3-5H2,1-2H3. The van der Waals surface area contributed by atoms with Crippen LogP contribution in [0, 0.1) is 12.8 Å². The van der Waals surface area contributed by atoms with Crippen LogP contribution in [0.5, 0.6) is 0 Å². The second-order valence-corrected chi connectivity index (χ2v) is 5.93. The topological polar surface area (TPSA) is 52.0 Å². The fraction of sp³-hybridized carbons (Fsp3) is 0.667. The van der Waals surface area contributed by atoms with Crippen molar-refractivity contribution in [2.45, 2.75) is 31.3 Å². The lowest BCUT2D eigenvalue weighted by Crippen LogP contribution is -2.09. The quantitative estimate of drug-likeness (QED) is 0.754. The molecular weight excluding hydrogens is 200 g/mol. The molecule has 14 heavy (non-hydrogen) atoms. The van der Waals surface area contributed by atoms with Crippen molar-refractivity contribution in [2.24, 2.45) is 5.92 Å². The van der Waals surface area contributed by atoms with E-state index in [4.69, 9.17) is 0 Å². The molecule has 0 N–H and O–H groups in total. The van der Waals surface area contributed by atoms with Gasteiger partial charge in [-0.1, -0.05) is 0 Å². The highest BCUT2D eigenvalue weighted by Crippen LogP contribution is 2.31. The van der Waals surface area contributed by atoms with Crippen LogP contribution in [0.3, 0.4) is 0 Å². The summed E-state index contributed by atoms with van der Waals surface area (Å²) < 4.78 is 24.7. The molecule has 1 heterocycles. The Morgan fingerprint density at radius 3 is 2.71 bits per heavy atom. The van der Waals surface area contributed by atoms with Crippen molar-refractivity contribution in [2.75, 3.05) is 6.26 Å². The normalized spacial score (nSPS) is 17.3. The van der Waals surface area contributed by atoms with E-state index in [0.29, 0.717) is 16.6 Å². The number of nitrogens with zero attached hydrogens (tertiary/aromatic N) is 2. The summed E-state index contributed by atoms with van der Waals surface area (Å²) in [7, 11) is -3.14. The molecular formula is C9H14N2O2S. The summed E-state index contributed by atoms with van der Waals surface area (Å²) in [6.45, 7) is 2.53. The van der Waals surface area contributed by atoms with Gasteiger partial charge >= 0.3 is 0 Å². The van der Waals surface area contributed by atoms with Gasteiger partial charge in [-0.2, -0.15) is 0 Å². The minimum atomic E-state index is -3.14. The van der Waals surface area contributed by atoms with Gasteiger partial charge in [0.25, 0.3) is 0 Å². The van der Waals surface area contributed by atoms with Gasteiger partial charge in [-0.25, -0.2) is 13.4 Å². The van der Waals surface area contributed by atoms with Crippen molar-refractivity contribution < 1.29 is 8.42 Å². The smallest absolute Gasteiger partial charge is 0.192 e. The summed E-state index contributed by atoms with van der Waals surface area (Å²) in [6.07, 6.45) is 5.28. The molecule has 0 amide bonds.